The highest BCUT2D eigenvalue weighted by atomic mass is 127. The van der Waals surface area contributed by atoms with Gasteiger partial charge in [-0.25, -0.2) is 4.39 Å². The van der Waals surface area contributed by atoms with Crippen molar-refractivity contribution in [3.63, 3.8) is 0 Å². The second kappa shape index (κ2) is 3.04. The van der Waals surface area contributed by atoms with Crippen molar-refractivity contribution in [2.24, 2.45) is 0 Å². The van der Waals surface area contributed by atoms with E-state index >= 15 is 0 Å². The van der Waals surface area contributed by atoms with Crippen LogP contribution in [0.3, 0.4) is 0 Å². The molecular formula is C6H4BrFIN. The fourth-order valence-electron chi connectivity index (χ4n) is 0.541. The van der Waals surface area contributed by atoms with Gasteiger partial charge in [0.2, 0.25) is 0 Å². The Bertz CT molecular complexity index is 237. The number of nitrogens with two attached hydrogens (primary N) is 1. The predicted octanol–water partition coefficient (Wildman–Crippen LogP) is 2.78. The molecule has 0 unspecified atom stereocenters. The maximum atomic E-state index is 12.9. The summed E-state index contributed by atoms with van der Waals surface area (Å²) in [6, 6.07) is 3.25. The van der Waals surface area contributed by atoms with E-state index in [1.54, 1.807) is 12.1 Å². The summed E-state index contributed by atoms with van der Waals surface area (Å²) in [5.41, 5.74) is 5.89. The Labute approximate surface area is 80.1 Å². The number of hydrogen-bond acceptors (Lipinski definition) is 1. The zero-order chi connectivity index (χ0) is 7.72. The van der Waals surface area contributed by atoms with Crippen LogP contribution < -0.4 is 5.73 Å². The molecule has 0 saturated heterocycles. The van der Waals surface area contributed by atoms with Crippen molar-refractivity contribution in [1.82, 2.24) is 0 Å². The van der Waals surface area contributed by atoms with Crippen molar-refractivity contribution in [2.75, 3.05) is 5.73 Å². The van der Waals surface area contributed by atoms with Gasteiger partial charge >= 0.3 is 0 Å². The van der Waals surface area contributed by atoms with Crippen molar-refractivity contribution in [2.45, 2.75) is 0 Å². The Balaban J connectivity index is 3.34. The average Bonchev–Trinajstić information content (AvgIpc) is 1.93. The summed E-state index contributed by atoms with van der Waals surface area (Å²) in [6.45, 7) is 0. The largest absolute Gasteiger partial charge is 0.398 e. The first kappa shape index (κ1) is 8.26. The maximum absolute atomic E-state index is 12.9. The van der Waals surface area contributed by atoms with Gasteiger partial charge in [0.05, 0.1) is 8.04 Å². The van der Waals surface area contributed by atoms with E-state index in [4.69, 9.17) is 5.73 Å². The Hall–Kier alpha value is 0.160. The molecule has 0 saturated carbocycles. The van der Waals surface area contributed by atoms with Crippen LogP contribution in [0, 0.1) is 9.39 Å². The minimum atomic E-state index is -0.291. The van der Waals surface area contributed by atoms with Gasteiger partial charge in [0, 0.05) is 5.69 Å². The smallest absolute Gasteiger partial charge is 0.152 e. The molecule has 1 aromatic carbocycles. The minimum Gasteiger partial charge on any atom is -0.398 e. The quantitative estimate of drug-likeness (QED) is 0.445. The van der Waals surface area contributed by atoms with Gasteiger partial charge in [0.1, 0.15) is 0 Å². The zero-order valence-corrected chi connectivity index (χ0v) is 8.61. The summed E-state index contributed by atoms with van der Waals surface area (Å²) in [4.78, 5) is 0. The minimum absolute atomic E-state index is 0.291. The molecule has 0 fully saturated rings. The van der Waals surface area contributed by atoms with Gasteiger partial charge in [-0.3, -0.25) is 0 Å². The van der Waals surface area contributed by atoms with Gasteiger partial charge in [0.15, 0.2) is 5.82 Å². The molecule has 0 heterocycles. The SMILES string of the molecule is Nc1ccc(Br)c(F)c1I. The lowest BCUT2D eigenvalue weighted by Gasteiger charge is -1.99. The monoisotopic (exact) mass is 315 g/mol. The molecule has 0 aliphatic carbocycles. The Morgan fingerprint density at radius 3 is 2.60 bits per heavy atom. The lowest BCUT2D eigenvalue weighted by molar-refractivity contribution is 0.614. The van der Waals surface area contributed by atoms with Crippen LogP contribution in [0.25, 0.3) is 0 Å². The van der Waals surface area contributed by atoms with E-state index in [2.05, 4.69) is 15.9 Å². The third kappa shape index (κ3) is 1.42. The van der Waals surface area contributed by atoms with Crippen LogP contribution in [0.5, 0.6) is 0 Å². The first-order valence-corrected chi connectivity index (χ1v) is 4.39. The van der Waals surface area contributed by atoms with Crippen LogP contribution in [0.4, 0.5) is 10.1 Å². The van der Waals surface area contributed by atoms with E-state index < -0.39 is 0 Å². The van der Waals surface area contributed by atoms with E-state index in [0.717, 1.165) is 0 Å². The van der Waals surface area contributed by atoms with Crippen molar-refractivity contribution < 1.29 is 4.39 Å². The number of benzene rings is 1. The van der Waals surface area contributed by atoms with Crippen molar-refractivity contribution in [3.05, 3.63) is 26.0 Å². The molecule has 0 atom stereocenters. The summed E-state index contributed by atoms with van der Waals surface area (Å²) in [5.74, 6) is -0.291. The fourth-order valence-corrected chi connectivity index (χ4v) is 1.71. The number of rotatable bonds is 0. The van der Waals surface area contributed by atoms with E-state index in [1.807, 2.05) is 22.6 Å². The lowest BCUT2D eigenvalue weighted by atomic mass is 10.3. The van der Waals surface area contributed by atoms with E-state index in [0.29, 0.717) is 13.7 Å². The summed E-state index contributed by atoms with van der Waals surface area (Å²) >= 11 is 4.91. The molecule has 1 aromatic rings. The average molecular weight is 316 g/mol. The topological polar surface area (TPSA) is 26.0 Å². The first-order valence-electron chi connectivity index (χ1n) is 2.52. The van der Waals surface area contributed by atoms with Crippen LogP contribution >= 0.6 is 38.5 Å². The highest BCUT2D eigenvalue weighted by Gasteiger charge is 2.05. The molecule has 10 heavy (non-hydrogen) atoms. The number of nitrogen functional groups attached to an aromatic ring is 1. The Morgan fingerprint density at radius 2 is 2.10 bits per heavy atom. The molecule has 54 valence electrons. The molecule has 0 aliphatic heterocycles. The third-order valence-corrected chi connectivity index (χ3v) is 2.77. The Morgan fingerprint density at radius 1 is 1.50 bits per heavy atom. The second-order valence-corrected chi connectivity index (χ2v) is 3.70. The predicted molar refractivity (Wildman–Crippen MR) is 51.2 cm³/mol. The van der Waals surface area contributed by atoms with Gasteiger partial charge < -0.3 is 5.73 Å². The van der Waals surface area contributed by atoms with Gasteiger partial charge in [-0.05, 0) is 50.7 Å². The summed E-state index contributed by atoms with van der Waals surface area (Å²) in [5, 5.41) is 0. The first-order chi connectivity index (χ1) is 4.63. The summed E-state index contributed by atoms with van der Waals surface area (Å²) < 4.78 is 13.8. The molecule has 2 N–H and O–H groups in total. The highest BCUT2D eigenvalue weighted by Crippen LogP contribution is 2.24. The molecule has 1 nitrogen and oxygen atoms in total. The molecule has 4 heteroatoms. The van der Waals surface area contributed by atoms with Crippen molar-refractivity contribution in [1.29, 1.82) is 0 Å². The van der Waals surface area contributed by atoms with Crippen molar-refractivity contribution in [3.8, 4) is 0 Å². The molecule has 0 bridgehead atoms. The number of hydrogen-bond donors (Lipinski definition) is 1. The normalized spacial score (nSPS) is 9.90. The summed E-state index contributed by atoms with van der Waals surface area (Å²) in [6.07, 6.45) is 0. The van der Waals surface area contributed by atoms with E-state index in [9.17, 15) is 4.39 Å². The van der Waals surface area contributed by atoms with Gasteiger partial charge in [0.25, 0.3) is 0 Å². The van der Waals surface area contributed by atoms with E-state index in [-0.39, 0.29) is 5.82 Å². The molecule has 0 spiro atoms. The fraction of sp³-hybridized carbons (Fsp3) is 0. The van der Waals surface area contributed by atoms with Gasteiger partial charge in [-0.2, -0.15) is 0 Å². The van der Waals surface area contributed by atoms with Crippen molar-refractivity contribution >= 4 is 44.2 Å². The molecule has 0 aromatic heterocycles. The number of halogens is 3. The molecule has 0 aliphatic rings. The van der Waals surface area contributed by atoms with Crippen LogP contribution in [-0.4, -0.2) is 0 Å². The van der Waals surface area contributed by atoms with Crippen LogP contribution in [-0.2, 0) is 0 Å². The van der Waals surface area contributed by atoms with Crippen LogP contribution in [0.15, 0.2) is 16.6 Å². The van der Waals surface area contributed by atoms with Crippen LogP contribution in [0.2, 0.25) is 0 Å². The molecular weight excluding hydrogens is 312 g/mol. The van der Waals surface area contributed by atoms with Crippen LogP contribution in [0.1, 0.15) is 0 Å². The van der Waals surface area contributed by atoms with Gasteiger partial charge in [-0.1, -0.05) is 0 Å². The highest BCUT2D eigenvalue weighted by molar-refractivity contribution is 14.1. The van der Waals surface area contributed by atoms with E-state index in [1.165, 1.54) is 0 Å². The zero-order valence-electron chi connectivity index (χ0n) is 4.87. The molecule has 0 amide bonds. The number of anilines is 1. The summed E-state index contributed by atoms with van der Waals surface area (Å²) in [7, 11) is 0. The van der Waals surface area contributed by atoms with Gasteiger partial charge in [-0.15, -0.1) is 0 Å². The standard InChI is InChI=1S/C6H4BrFIN/c7-3-1-2-4(10)6(9)5(3)8/h1-2H,10H2. The molecule has 0 radical (unpaired) electrons. The second-order valence-electron chi connectivity index (χ2n) is 1.76. The lowest BCUT2D eigenvalue weighted by Crippen LogP contribution is -1.92. The molecule has 1 rings (SSSR count). The maximum Gasteiger partial charge on any atom is 0.152 e. The Kier molecular flexibility index (Phi) is 2.51. The third-order valence-electron chi connectivity index (χ3n) is 1.07.